The zero-order chi connectivity index (χ0) is 13.8. The number of hydrogen-bond donors (Lipinski definition) is 3. The van der Waals surface area contributed by atoms with Gasteiger partial charge in [0.25, 0.3) is 0 Å². The summed E-state index contributed by atoms with van der Waals surface area (Å²) in [5, 5.41) is 23.2. The van der Waals surface area contributed by atoms with Gasteiger partial charge >= 0.3 is 0 Å². The van der Waals surface area contributed by atoms with Crippen LogP contribution in [-0.2, 0) is 0 Å². The van der Waals surface area contributed by atoms with Gasteiger partial charge in [0.2, 0.25) is 0 Å². The maximum Gasteiger partial charge on any atom is 0.120 e. The first kappa shape index (κ1) is 15.0. The molecule has 18 heavy (non-hydrogen) atoms. The molecule has 1 aromatic rings. The molecule has 3 heteroatoms. The number of rotatable bonds is 5. The summed E-state index contributed by atoms with van der Waals surface area (Å²) >= 11 is 0. The number of benzene rings is 1. The van der Waals surface area contributed by atoms with Crippen molar-refractivity contribution in [2.24, 2.45) is 5.41 Å². The van der Waals surface area contributed by atoms with Gasteiger partial charge in [0, 0.05) is 18.2 Å². The van der Waals surface area contributed by atoms with E-state index in [9.17, 15) is 10.2 Å². The lowest BCUT2D eigenvalue weighted by molar-refractivity contribution is 0.0602. The second-order valence-corrected chi connectivity index (χ2v) is 5.81. The zero-order valence-corrected chi connectivity index (χ0v) is 11.8. The highest BCUT2D eigenvalue weighted by molar-refractivity contribution is 5.34. The SMILES string of the molecule is CC[C@@H](NC[C@H](O)C(C)(C)C)c1ccccc1O. The van der Waals surface area contributed by atoms with Crippen molar-refractivity contribution in [3.63, 3.8) is 0 Å². The Morgan fingerprint density at radius 1 is 1.22 bits per heavy atom. The minimum absolute atomic E-state index is 0.0724. The predicted molar refractivity (Wildman–Crippen MR) is 74.6 cm³/mol. The molecule has 0 heterocycles. The highest BCUT2D eigenvalue weighted by Gasteiger charge is 2.23. The van der Waals surface area contributed by atoms with Crippen LogP contribution in [0.25, 0.3) is 0 Å². The molecule has 0 saturated carbocycles. The quantitative estimate of drug-likeness (QED) is 0.754. The molecule has 3 N–H and O–H groups in total. The molecule has 0 bridgehead atoms. The second-order valence-electron chi connectivity index (χ2n) is 5.81. The summed E-state index contributed by atoms with van der Waals surface area (Å²) in [6, 6.07) is 7.41. The van der Waals surface area contributed by atoms with E-state index >= 15 is 0 Å². The third-order valence-electron chi connectivity index (χ3n) is 3.28. The Hall–Kier alpha value is -1.06. The number of hydrogen-bond acceptors (Lipinski definition) is 3. The van der Waals surface area contributed by atoms with E-state index in [0.717, 1.165) is 12.0 Å². The van der Waals surface area contributed by atoms with Crippen LogP contribution in [0.4, 0.5) is 0 Å². The molecule has 0 aromatic heterocycles. The van der Waals surface area contributed by atoms with E-state index in [-0.39, 0.29) is 11.5 Å². The monoisotopic (exact) mass is 251 g/mol. The molecule has 0 radical (unpaired) electrons. The first-order chi connectivity index (χ1) is 8.36. The van der Waals surface area contributed by atoms with Crippen molar-refractivity contribution >= 4 is 0 Å². The highest BCUT2D eigenvalue weighted by Crippen LogP contribution is 2.26. The maximum atomic E-state index is 10.0. The topological polar surface area (TPSA) is 52.5 Å². The van der Waals surface area contributed by atoms with Crippen LogP contribution in [0.5, 0.6) is 5.75 Å². The van der Waals surface area contributed by atoms with Crippen molar-refractivity contribution in [3.8, 4) is 5.75 Å². The van der Waals surface area contributed by atoms with Crippen molar-refractivity contribution < 1.29 is 10.2 Å². The molecule has 2 atom stereocenters. The number of aliphatic hydroxyl groups excluding tert-OH is 1. The molecule has 0 amide bonds. The standard InChI is InChI=1S/C15H25NO2/c1-5-12(11-8-6-7-9-13(11)17)16-10-14(18)15(2,3)4/h6-9,12,14,16-18H,5,10H2,1-4H3/t12-,14+/m1/s1. The lowest BCUT2D eigenvalue weighted by Crippen LogP contribution is -2.38. The van der Waals surface area contributed by atoms with Crippen molar-refractivity contribution in [1.82, 2.24) is 5.32 Å². The highest BCUT2D eigenvalue weighted by atomic mass is 16.3. The summed E-state index contributed by atoms with van der Waals surface area (Å²) in [5.74, 6) is 0.307. The Labute approximate surface area is 110 Å². The summed E-state index contributed by atoms with van der Waals surface area (Å²) < 4.78 is 0. The largest absolute Gasteiger partial charge is 0.508 e. The van der Waals surface area contributed by atoms with Crippen molar-refractivity contribution in [1.29, 1.82) is 0 Å². The molecule has 0 fully saturated rings. The number of aliphatic hydroxyl groups is 1. The van der Waals surface area contributed by atoms with Gasteiger partial charge in [0.15, 0.2) is 0 Å². The van der Waals surface area contributed by atoms with Gasteiger partial charge in [0.05, 0.1) is 6.10 Å². The molecule has 1 rings (SSSR count). The van der Waals surface area contributed by atoms with E-state index in [2.05, 4.69) is 12.2 Å². The van der Waals surface area contributed by atoms with E-state index in [1.54, 1.807) is 6.07 Å². The van der Waals surface area contributed by atoms with Gasteiger partial charge in [-0.1, -0.05) is 45.9 Å². The summed E-state index contributed by atoms with van der Waals surface area (Å²) in [6.07, 6.45) is 0.464. The van der Waals surface area contributed by atoms with Gasteiger partial charge in [-0.15, -0.1) is 0 Å². The first-order valence-electron chi connectivity index (χ1n) is 6.55. The molecule has 0 aliphatic rings. The Bertz CT molecular complexity index is 371. The predicted octanol–water partition coefficient (Wildman–Crippen LogP) is 2.84. The molecule has 0 saturated heterocycles. The van der Waals surface area contributed by atoms with Crippen LogP contribution in [0.15, 0.2) is 24.3 Å². The van der Waals surface area contributed by atoms with E-state index in [0.29, 0.717) is 12.3 Å². The molecular formula is C15H25NO2. The third-order valence-corrected chi connectivity index (χ3v) is 3.28. The van der Waals surface area contributed by atoms with E-state index in [4.69, 9.17) is 0 Å². The van der Waals surface area contributed by atoms with Gasteiger partial charge in [-0.25, -0.2) is 0 Å². The van der Waals surface area contributed by atoms with Gasteiger partial charge in [-0.3, -0.25) is 0 Å². The normalized spacial score (nSPS) is 15.4. The number of phenols is 1. The summed E-state index contributed by atoms with van der Waals surface area (Å²) in [5.41, 5.74) is 0.755. The summed E-state index contributed by atoms with van der Waals surface area (Å²) in [7, 11) is 0. The Morgan fingerprint density at radius 2 is 1.83 bits per heavy atom. The van der Waals surface area contributed by atoms with Crippen LogP contribution in [-0.4, -0.2) is 22.9 Å². The lowest BCUT2D eigenvalue weighted by atomic mass is 9.89. The smallest absolute Gasteiger partial charge is 0.120 e. The Kier molecular flexibility index (Phi) is 5.17. The lowest BCUT2D eigenvalue weighted by Gasteiger charge is -2.28. The van der Waals surface area contributed by atoms with Crippen LogP contribution in [0.1, 0.15) is 45.7 Å². The second kappa shape index (κ2) is 6.21. The number of para-hydroxylation sites is 1. The van der Waals surface area contributed by atoms with Crippen LogP contribution in [0.3, 0.4) is 0 Å². The molecule has 1 aromatic carbocycles. The minimum Gasteiger partial charge on any atom is -0.508 e. The Morgan fingerprint density at radius 3 is 2.33 bits per heavy atom. The zero-order valence-electron chi connectivity index (χ0n) is 11.8. The summed E-state index contributed by atoms with van der Waals surface area (Å²) in [4.78, 5) is 0. The molecule has 0 aliphatic heterocycles. The molecular weight excluding hydrogens is 226 g/mol. The minimum atomic E-state index is -0.405. The third kappa shape index (κ3) is 4.00. The van der Waals surface area contributed by atoms with Crippen molar-refractivity contribution in [2.45, 2.75) is 46.3 Å². The molecule has 3 nitrogen and oxygen atoms in total. The van der Waals surface area contributed by atoms with E-state index in [1.807, 2.05) is 39.0 Å². The van der Waals surface area contributed by atoms with Crippen molar-refractivity contribution in [3.05, 3.63) is 29.8 Å². The van der Waals surface area contributed by atoms with Crippen LogP contribution in [0.2, 0.25) is 0 Å². The first-order valence-corrected chi connectivity index (χ1v) is 6.55. The number of aromatic hydroxyl groups is 1. The summed E-state index contributed by atoms with van der Waals surface area (Å²) in [6.45, 7) is 8.63. The van der Waals surface area contributed by atoms with Crippen LogP contribution < -0.4 is 5.32 Å². The fourth-order valence-electron chi connectivity index (χ4n) is 1.82. The molecule has 102 valence electrons. The fourth-order valence-corrected chi connectivity index (χ4v) is 1.82. The molecule has 0 aliphatic carbocycles. The maximum absolute atomic E-state index is 10.0. The average molecular weight is 251 g/mol. The van der Waals surface area contributed by atoms with E-state index < -0.39 is 6.10 Å². The van der Waals surface area contributed by atoms with E-state index in [1.165, 1.54) is 0 Å². The average Bonchev–Trinajstić information content (AvgIpc) is 2.30. The fraction of sp³-hybridized carbons (Fsp3) is 0.600. The van der Waals surface area contributed by atoms with Gasteiger partial charge in [-0.05, 0) is 17.9 Å². The number of phenolic OH excluding ortho intramolecular Hbond substituents is 1. The molecule has 0 spiro atoms. The number of nitrogens with one attached hydrogen (secondary N) is 1. The van der Waals surface area contributed by atoms with Crippen LogP contribution in [0, 0.1) is 5.41 Å². The molecule has 0 unspecified atom stereocenters. The van der Waals surface area contributed by atoms with Gasteiger partial charge in [0.1, 0.15) is 5.75 Å². The Balaban J connectivity index is 2.67. The van der Waals surface area contributed by atoms with Gasteiger partial charge in [-0.2, -0.15) is 0 Å². The van der Waals surface area contributed by atoms with Crippen molar-refractivity contribution in [2.75, 3.05) is 6.54 Å². The van der Waals surface area contributed by atoms with Crippen LogP contribution >= 0.6 is 0 Å². The van der Waals surface area contributed by atoms with Gasteiger partial charge < -0.3 is 15.5 Å².